The summed E-state index contributed by atoms with van der Waals surface area (Å²) in [6.45, 7) is 4.33. The summed E-state index contributed by atoms with van der Waals surface area (Å²) in [5.74, 6) is 1.45. The van der Waals surface area contributed by atoms with E-state index in [4.69, 9.17) is 4.74 Å². The van der Waals surface area contributed by atoms with Gasteiger partial charge in [0.2, 0.25) is 5.88 Å². The Labute approximate surface area is 141 Å². The van der Waals surface area contributed by atoms with Crippen LogP contribution in [0.25, 0.3) is 10.8 Å². The van der Waals surface area contributed by atoms with Crippen LogP contribution < -0.4 is 15.0 Å². The number of nitrogens with zero attached hydrogens (tertiary/aromatic N) is 3. The normalized spacial score (nSPS) is 14.8. The highest BCUT2D eigenvalue weighted by Gasteiger charge is 2.13. The number of anilines is 1. The number of fused-ring (bicyclic) bond motifs is 1. The first-order valence-corrected chi connectivity index (χ1v) is 8.27. The van der Waals surface area contributed by atoms with Crippen molar-refractivity contribution in [3.05, 3.63) is 60.4 Å². The summed E-state index contributed by atoms with van der Waals surface area (Å²) in [5.41, 5.74) is 1.16. The van der Waals surface area contributed by atoms with Crippen molar-refractivity contribution in [2.75, 3.05) is 31.1 Å². The van der Waals surface area contributed by atoms with E-state index < -0.39 is 0 Å². The van der Waals surface area contributed by atoms with E-state index in [9.17, 15) is 0 Å². The van der Waals surface area contributed by atoms with E-state index in [0.29, 0.717) is 12.5 Å². The Morgan fingerprint density at radius 3 is 2.75 bits per heavy atom. The maximum absolute atomic E-state index is 5.92. The highest BCUT2D eigenvalue weighted by atomic mass is 16.5. The van der Waals surface area contributed by atoms with Gasteiger partial charge in [-0.15, -0.1) is 0 Å². The Morgan fingerprint density at radius 2 is 1.83 bits per heavy atom. The topological polar surface area (TPSA) is 50.3 Å². The van der Waals surface area contributed by atoms with Gasteiger partial charge in [0.25, 0.3) is 0 Å². The van der Waals surface area contributed by atoms with Crippen LogP contribution in [0.2, 0.25) is 0 Å². The summed E-state index contributed by atoms with van der Waals surface area (Å²) in [6, 6.07) is 14.6. The molecule has 1 saturated heterocycles. The minimum Gasteiger partial charge on any atom is -0.472 e. The van der Waals surface area contributed by atoms with E-state index in [1.54, 1.807) is 12.4 Å². The lowest BCUT2D eigenvalue weighted by Crippen LogP contribution is -2.43. The van der Waals surface area contributed by atoms with Gasteiger partial charge in [-0.05, 0) is 16.3 Å². The number of hydrogen-bond donors (Lipinski definition) is 1. The lowest BCUT2D eigenvalue weighted by Gasteiger charge is -2.28. The van der Waals surface area contributed by atoms with Gasteiger partial charge >= 0.3 is 0 Å². The first kappa shape index (κ1) is 14.9. The fraction of sp³-hybridized carbons (Fsp3) is 0.263. The Kier molecular flexibility index (Phi) is 4.25. The molecule has 4 rings (SSSR count). The van der Waals surface area contributed by atoms with E-state index in [1.165, 1.54) is 10.8 Å². The first-order valence-electron chi connectivity index (χ1n) is 8.27. The number of hydrogen-bond acceptors (Lipinski definition) is 5. The van der Waals surface area contributed by atoms with E-state index in [2.05, 4.69) is 62.6 Å². The van der Waals surface area contributed by atoms with Crippen LogP contribution in [-0.4, -0.2) is 36.1 Å². The molecule has 2 heterocycles. The molecule has 1 fully saturated rings. The fourth-order valence-corrected chi connectivity index (χ4v) is 3.02. The van der Waals surface area contributed by atoms with Crippen LogP contribution in [-0.2, 0) is 6.61 Å². The van der Waals surface area contributed by atoms with Gasteiger partial charge in [-0.2, -0.15) is 4.98 Å². The molecule has 0 radical (unpaired) electrons. The molecule has 1 aromatic heterocycles. The second-order valence-electron chi connectivity index (χ2n) is 5.88. The van der Waals surface area contributed by atoms with Crippen LogP contribution in [0.3, 0.4) is 0 Å². The third-order valence-electron chi connectivity index (χ3n) is 4.30. The van der Waals surface area contributed by atoms with E-state index in [0.717, 1.165) is 37.6 Å². The highest BCUT2D eigenvalue weighted by molar-refractivity contribution is 5.85. The molecule has 5 heteroatoms. The Bertz CT molecular complexity index is 825. The van der Waals surface area contributed by atoms with Crippen LogP contribution in [0, 0.1) is 0 Å². The van der Waals surface area contributed by atoms with Crippen molar-refractivity contribution in [1.82, 2.24) is 15.3 Å². The molecule has 0 aliphatic carbocycles. The molecule has 0 amide bonds. The van der Waals surface area contributed by atoms with Gasteiger partial charge in [0.05, 0.1) is 12.4 Å². The number of benzene rings is 2. The number of nitrogens with one attached hydrogen (secondary N) is 1. The maximum atomic E-state index is 5.92. The SMILES string of the molecule is c1ccc2c(COc3cncc(N4CCNCC4)n3)cccc2c1. The van der Waals surface area contributed by atoms with Crippen molar-refractivity contribution in [3.63, 3.8) is 0 Å². The molecule has 0 atom stereocenters. The molecule has 1 N–H and O–H groups in total. The molecule has 122 valence electrons. The predicted molar refractivity (Wildman–Crippen MR) is 95.4 cm³/mol. The molecule has 0 unspecified atom stereocenters. The summed E-state index contributed by atoms with van der Waals surface area (Å²) in [4.78, 5) is 11.1. The molecular formula is C19H20N4O. The third-order valence-corrected chi connectivity index (χ3v) is 4.30. The smallest absolute Gasteiger partial charge is 0.234 e. The summed E-state index contributed by atoms with van der Waals surface area (Å²) in [7, 11) is 0. The van der Waals surface area contributed by atoms with Crippen LogP contribution in [0.15, 0.2) is 54.9 Å². The zero-order valence-corrected chi connectivity index (χ0v) is 13.5. The fourth-order valence-electron chi connectivity index (χ4n) is 3.02. The molecule has 2 aromatic carbocycles. The van der Waals surface area contributed by atoms with E-state index in [1.807, 2.05) is 0 Å². The third kappa shape index (κ3) is 3.16. The van der Waals surface area contributed by atoms with Gasteiger partial charge in [0.1, 0.15) is 6.61 Å². The molecule has 3 aromatic rings. The number of piperazine rings is 1. The Hall–Kier alpha value is -2.66. The van der Waals surface area contributed by atoms with Gasteiger partial charge < -0.3 is 15.0 Å². The minimum atomic E-state index is 0.487. The largest absolute Gasteiger partial charge is 0.472 e. The molecule has 0 saturated carbocycles. The van der Waals surface area contributed by atoms with Gasteiger partial charge in [-0.3, -0.25) is 4.98 Å². The van der Waals surface area contributed by atoms with E-state index >= 15 is 0 Å². The standard InChI is InChI=1S/C19H20N4O/c1-2-7-17-15(4-1)5-3-6-16(17)14-24-19-13-21-12-18(22-19)23-10-8-20-9-11-23/h1-7,12-13,20H,8-11,14H2. The summed E-state index contributed by atoms with van der Waals surface area (Å²) in [5, 5.41) is 5.78. The monoisotopic (exact) mass is 320 g/mol. The van der Waals surface area contributed by atoms with Crippen molar-refractivity contribution in [3.8, 4) is 5.88 Å². The van der Waals surface area contributed by atoms with Crippen LogP contribution in [0.4, 0.5) is 5.82 Å². The Balaban J connectivity index is 1.51. The van der Waals surface area contributed by atoms with Gasteiger partial charge in [0.15, 0.2) is 5.82 Å². The van der Waals surface area contributed by atoms with Crippen molar-refractivity contribution < 1.29 is 4.74 Å². The molecule has 1 aliphatic heterocycles. The second kappa shape index (κ2) is 6.84. The quantitative estimate of drug-likeness (QED) is 0.801. The average Bonchev–Trinajstić information content (AvgIpc) is 2.67. The Morgan fingerprint density at radius 1 is 1.00 bits per heavy atom. The zero-order chi connectivity index (χ0) is 16.2. The van der Waals surface area contributed by atoms with Crippen LogP contribution in [0.1, 0.15) is 5.56 Å². The van der Waals surface area contributed by atoms with Crippen molar-refractivity contribution in [2.45, 2.75) is 6.61 Å². The summed E-state index contributed by atoms with van der Waals surface area (Å²) in [6.07, 6.45) is 3.48. The minimum absolute atomic E-state index is 0.487. The highest BCUT2D eigenvalue weighted by Crippen LogP contribution is 2.21. The predicted octanol–water partition coefficient (Wildman–Crippen LogP) is 2.62. The number of ether oxygens (including phenoxy) is 1. The molecule has 5 nitrogen and oxygen atoms in total. The van der Waals surface area contributed by atoms with Gasteiger partial charge in [0, 0.05) is 26.2 Å². The number of rotatable bonds is 4. The van der Waals surface area contributed by atoms with Crippen LogP contribution in [0.5, 0.6) is 5.88 Å². The lowest BCUT2D eigenvalue weighted by molar-refractivity contribution is 0.294. The maximum Gasteiger partial charge on any atom is 0.234 e. The molecular weight excluding hydrogens is 300 g/mol. The molecule has 0 bridgehead atoms. The first-order chi connectivity index (χ1) is 11.9. The van der Waals surface area contributed by atoms with Crippen molar-refractivity contribution >= 4 is 16.6 Å². The second-order valence-corrected chi connectivity index (χ2v) is 5.88. The lowest BCUT2D eigenvalue weighted by atomic mass is 10.1. The van der Waals surface area contributed by atoms with Crippen LogP contribution >= 0.6 is 0 Å². The number of aromatic nitrogens is 2. The van der Waals surface area contributed by atoms with Crippen molar-refractivity contribution in [2.24, 2.45) is 0 Å². The van der Waals surface area contributed by atoms with Crippen molar-refractivity contribution in [1.29, 1.82) is 0 Å². The molecule has 0 spiro atoms. The average molecular weight is 320 g/mol. The molecule has 1 aliphatic rings. The zero-order valence-electron chi connectivity index (χ0n) is 13.5. The van der Waals surface area contributed by atoms with Gasteiger partial charge in [-0.1, -0.05) is 42.5 Å². The van der Waals surface area contributed by atoms with Gasteiger partial charge in [-0.25, -0.2) is 0 Å². The van der Waals surface area contributed by atoms with E-state index in [-0.39, 0.29) is 0 Å². The molecule has 24 heavy (non-hydrogen) atoms. The summed E-state index contributed by atoms with van der Waals surface area (Å²) >= 11 is 0. The summed E-state index contributed by atoms with van der Waals surface area (Å²) < 4.78 is 5.92.